The van der Waals surface area contributed by atoms with Crippen LogP contribution >= 0.6 is 12.4 Å². The maximum atomic E-state index is 12.1. The first-order chi connectivity index (χ1) is 9.60. The van der Waals surface area contributed by atoms with Crippen LogP contribution in [0.3, 0.4) is 0 Å². The van der Waals surface area contributed by atoms with E-state index >= 15 is 0 Å². The summed E-state index contributed by atoms with van der Waals surface area (Å²) in [5.41, 5.74) is 7.27. The molecule has 2 amide bonds. The zero-order chi connectivity index (χ0) is 14.5. The lowest BCUT2D eigenvalue weighted by molar-refractivity contribution is -0.119. The summed E-state index contributed by atoms with van der Waals surface area (Å²) in [5, 5.41) is 5.70. The van der Waals surface area contributed by atoms with E-state index in [4.69, 9.17) is 5.73 Å². The summed E-state index contributed by atoms with van der Waals surface area (Å²) in [6.45, 7) is 2.44. The average Bonchev–Trinajstić information content (AvgIpc) is 3.27. The molecule has 0 aliphatic heterocycles. The Morgan fingerprint density at radius 3 is 2.38 bits per heavy atom. The first kappa shape index (κ1) is 17.5. The van der Waals surface area contributed by atoms with E-state index in [1.165, 1.54) is 6.92 Å². The van der Waals surface area contributed by atoms with Crippen molar-refractivity contribution < 1.29 is 9.59 Å². The van der Waals surface area contributed by atoms with Crippen LogP contribution in [0, 0.1) is 5.92 Å². The summed E-state index contributed by atoms with van der Waals surface area (Å²) in [6, 6.07) is 7.32. The molecule has 1 aliphatic carbocycles. The monoisotopic (exact) mass is 311 g/mol. The van der Waals surface area contributed by atoms with Crippen LogP contribution < -0.4 is 16.4 Å². The second-order valence-electron chi connectivity index (χ2n) is 5.26. The van der Waals surface area contributed by atoms with Gasteiger partial charge in [0.25, 0.3) is 5.91 Å². The molecule has 2 rings (SSSR count). The van der Waals surface area contributed by atoms with Crippen LogP contribution in [0.1, 0.15) is 35.7 Å². The number of halogens is 1. The van der Waals surface area contributed by atoms with Crippen LogP contribution in [0.25, 0.3) is 0 Å². The fourth-order valence-electron chi connectivity index (χ4n) is 2.12. The van der Waals surface area contributed by atoms with Crippen molar-refractivity contribution in [3.8, 4) is 0 Å². The van der Waals surface area contributed by atoms with Crippen LogP contribution in [0.15, 0.2) is 24.3 Å². The first-order valence-corrected chi connectivity index (χ1v) is 6.94. The molecule has 1 fully saturated rings. The van der Waals surface area contributed by atoms with Gasteiger partial charge < -0.3 is 16.4 Å². The summed E-state index contributed by atoms with van der Waals surface area (Å²) in [5.74, 6) is 0.392. The van der Waals surface area contributed by atoms with E-state index < -0.39 is 0 Å². The molecule has 1 aliphatic rings. The lowest BCUT2D eigenvalue weighted by Crippen LogP contribution is -2.41. The van der Waals surface area contributed by atoms with Crippen LogP contribution in [0.2, 0.25) is 0 Å². The summed E-state index contributed by atoms with van der Waals surface area (Å²) in [6.07, 6.45) is 2.30. The van der Waals surface area contributed by atoms with Crippen molar-refractivity contribution in [2.45, 2.75) is 32.4 Å². The van der Waals surface area contributed by atoms with Crippen molar-refractivity contribution in [2.75, 3.05) is 6.54 Å². The number of rotatable bonds is 6. The molecule has 0 bridgehead atoms. The van der Waals surface area contributed by atoms with E-state index in [0.717, 1.165) is 18.4 Å². The Balaban J connectivity index is 0.00000220. The molecule has 5 nitrogen and oxygen atoms in total. The molecule has 0 aromatic heterocycles. The number of benzene rings is 1. The Morgan fingerprint density at radius 1 is 1.29 bits per heavy atom. The molecule has 1 atom stereocenters. The molecular formula is C15H22ClN3O2. The number of hydrogen-bond acceptors (Lipinski definition) is 3. The van der Waals surface area contributed by atoms with Crippen molar-refractivity contribution >= 4 is 24.2 Å². The van der Waals surface area contributed by atoms with Crippen molar-refractivity contribution in [1.29, 1.82) is 0 Å². The Hall–Kier alpha value is -1.59. The predicted octanol–water partition coefficient (Wildman–Crippen LogP) is 1.21. The Labute approximate surface area is 131 Å². The topological polar surface area (TPSA) is 84.2 Å². The van der Waals surface area contributed by atoms with Gasteiger partial charge in [0, 0.05) is 31.6 Å². The molecule has 116 valence electrons. The average molecular weight is 312 g/mol. The quantitative estimate of drug-likeness (QED) is 0.738. The van der Waals surface area contributed by atoms with Crippen molar-refractivity contribution in [3.63, 3.8) is 0 Å². The molecule has 1 aromatic carbocycles. The van der Waals surface area contributed by atoms with Crippen LogP contribution in [0.5, 0.6) is 0 Å². The summed E-state index contributed by atoms with van der Waals surface area (Å²) in [7, 11) is 0. The van der Waals surface area contributed by atoms with Crippen LogP contribution in [-0.4, -0.2) is 24.4 Å². The van der Waals surface area contributed by atoms with Crippen molar-refractivity contribution in [1.82, 2.24) is 10.6 Å². The molecule has 21 heavy (non-hydrogen) atoms. The van der Waals surface area contributed by atoms with Gasteiger partial charge in [-0.15, -0.1) is 12.4 Å². The highest BCUT2D eigenvalue weighted by Gasteiger charge is 2.31. The third-order valence-corrected chi connectivity index (χ3v) is 3.52. The molecule has 1 aromatic rings. The Morgan fingerprint density at radius 2 is 1.90 bits per heavy atom. The molecule has 0 saturated heterocycles. The van der Waals surface area contributed by atoms with Crippen molar-refractivity contribution in [3.05, 3.63) is 35.4 Å². The first-order valence-electron chi connectivity index (χ1n) is 6.94. The summed E-state index contributed by atoms with van der Waals surface area (Å²) in [4.78, 5) is 22.9. The SMILES string of the molecule is CC(=O)NCc1ccc(C(=O)NC(CN)C2CC2)cc1.Cl. The fraction of sp³-hybridized carbons (Fsp3) is 0.467. The number of nitrogens with two attached hydrogens (primary N) is 1. The van der Waals surface area contributed by atoms with Gasteiger partial charge in [-0.05, 0) is 36.5 Å². The van der Waals surface area contributed by atoms with Gasteiger partial charge in [0.15, 0.2) is 0 Å². The van der Waals surface area contributed by atoms with Gasteiger partial charge in [-0.2, -0.15) is 0 Å². The molecule has 0 heterocycles. The highest BCUT2D eigenvalue weighted by molar-refractivity contribution is 5.94. The minimum absolute atomic E-state index is 0. The van der Waals surface area contributed by atoms with Gasteiger partial charge >= 0.3 is 0 Å². The fourth-order valence-corrected chi connectivity index (χ4v) is 2.12. The van der Waals surface area contributed by atoms with Gasteiger partial charge in [0.05, 0.1) is 0 Å². The van der Waals surface area contributed by atoms with Crippen LogP contribution in [-0.2, 0) is 11.3 Å². The maximum absolute atomic E-state index is 12.1. The van der Waals surface area contributed by atoms with E-state index in [1.54, 1.807) is 12.1 Å². The normalized spacial score (nSPS) is 14.8. The Kier molecular flexibility index (Phi) is 6.65. The maximum Gasteiger partial charge on any atom is 0.251 e. The second-order valence-corrected chi connectivity index (χ2v) is 5.26. The standard InChI is InChI=1S/C15H21N3O2.ClH/c1-10(19)17-9-11-2-4-13(5-3-11)15(20)18-14(8-16)12-6-7-12;/h2-5,12,14H,6-9,16H2,1H3,(H,17,19)(H,18,20);1H. The van der Waals surface area contributed by atoms with E-state index in [9.17, 15) is 9.59 Å². The lowest BCUT2D eigenvalue weighted by atomic mass is 10.1. The molecule has 0 spiro atoms. The number of carbonyl (C=O) groups excluding carboxylic acids is 2. The summed E-state index contributed by atoms with van der Waals surface area (Å²) >= 11 is 0. The highest BCUT2D eigenvalue weighted by atomic mass is 35.5. The molecule has 1 unspecified atom stereocenters. The second kappa shape index (κ2) is 8.00. The zero-order valence-electron chi connectivity index (χ0n) is 12.1. The van der Waals surface area contributed by atoms with Crippen LogP contribution in [0.4, 0.5) is 0 Å². The van der Waals surface area contributed by atoms with Crippen molar-refractivity contribution in [2.24, 2.45) is 11.7 Å². The number of amides is 2. The van der Waals surface area contributed by atoms with Gasteiger partial charge in [0.1, 0.15) is 0 Å². The van der Waals surface area contributed by atoms with Gasteiger partial charge in [-0.25, -0.2) is 0 Å². The third kappa shape index (κ3) is 5.36. The molecule has 1 saturated carbocycles. The Bertz CT molecular complexity index is 486. The third-order valence-electron chi connectivity index (χ3n) is 3.52. The number of carbonyl (C=O) groups is 2. The highest BCUT2D eigenvalue weighted by Crippen LogP contribution is 2.32. The zero-order valence-corrected chi connectivity index (χ0v) is 12.9. The lowest BCUT2D eigenvalue weighted by Gasteiger charge is -2.16. The van der Waals surface area contributed by atoms with E-state index in [-0.39, 0.29) is 30.3 Å². The predicted molar refractivity (Wildman–Crippen MR) is 84.2 cm³/mol. The molecule has 4 N–H and O–H groups in total. The number of nitrogens with one attached hydrogen (secondary N) is 2. The number of hydrogen-bond donors (Lipinski definition) is 3. The largest absolute Gasteiger partial charge is 0.352 e. The minimum Gasteiger partial charge on any atom is -0.352 e. The van der Waals surface area contributed by atoms with E-state index in [0.29, 0.717) is 24.6 Å². The minimum atomic E-state index is -0.0848. The van der Waals surface area contributed by atoms with Gasteiger partial charge in [0.2, 0.25) is 5.91 Å². The van der Waals surface area contributed by atoms with E-state index in [1.807, 2.05) is 12.1 Å². The molecular weight excluding hydrogens is 290 g/mol. The smallest absolute Gasteiger partial charge is 0.251 e. The van der Waals surface area contributed by atoms with E-state index in [2.05, 4.69) is 10.6 Å². The van der Waals surface area contributed by atoms with Gasteiger partial charge in [-0.1, -0.05) is 12.1 Å². The molecule has 0 radical (unpaired) electrons. The van der Waals surface area contributed by atoms with Gasteiger partial charge in [-0.3, -0.25) is 9.59 Å². The molecule has 6 heteroatoms. The summed E-state index contributed by atoms with van der Waals surface area (Å²) < 4.78 is 0.